The molecule has 1 amide bonds. The number of carbonyl (C=O) groups is 1. The van der Waals surface area contributed by atoms with Crippen molar-refractivity contribution in [3.05, 3.63) is 23.8 Å². The standard InChI is InChI=1S/C15H22N2O3/c1-3-17(10-12-5-4-8-20-12)15(18)13-9-11(16)6-7-14(13)19-2/h6-7,9,12H,3-5,8,10,16H2,1-2H3. The van der Waals surface area contributed by atoms with Crippen LogP contribution in [0.3, 0.4) is 0 Å². The van der Waals surface area contributed by atoms with Gasteiger partial charge in [0.25, 0.3) is 5.91 Å². The van der Waals surface area contributed by atoms with Crippen molar-refractivity contribution in [3.63, 3.8) is 0 Å². The molecular weight excluding hydrogens is 256 g/mol. The largest absolute Gasteiger partial charge is 0.496 e. The smallest absolute Gasteiger partial charge is 0.257 e. The highest BCUT2D eigenvalue weighted by Gasteiger charge is 2.24. The predicted molar refractivity (Wildman–Crippen MR) is 78.0 cm³/mol. The van der Waals surface area contributed by atoms with E-state index in [1.165, 1.54) is 0 Å². The van der Waals surface area contributed by atoms with E-state index < -0.39 is 0 Å². The summed E-state index contributed by atoms with van der Waals surface area (Å²) in [5.74, 6) is 0.488. The molecule has 110 valence electrons. The Bertz CT molecular complexity index is 470. The van der Waals surface area contributed by atoms with Gasteiger partial charge in [0.1, 0.15) is 5.75 Å². The summed E-state index contributed by atoms with van der Waals surface area (Å²) in [6.07, 6.45) is 2.22. The Hall–Kier alpha value is -1.75. The third-order valence-electron chi connectivity index (χ3n) is 3.57. The number of ether oxygens (including phenoxy) is 2. The lowest BCUT2D eigenvalue weighted by Crippen LogP contribution is -2.37. The van der Waals surface area contributed by atoms with E-state index in [1.54, 1.807) is 30.2 Å². The minimum atomic E-state index is -0.0628. The van der Waals surface area contributed by atoms with Gasteiger partial charge in [-0.25, -0.2) is 0 Å². The van der Waals surface area contributed by atoms with Crippen molar-refractivity contribution >= 4 is 11.6 Å². The lowest BCUT2D eigenvalue weighted by molar-refractivity contribution is 0.0537. The van der Waals surface area contributed by atoms with Crippen molar-refractivity contribution in [1.29, 1.82) is 0 Å². The molecule has 20 heavy (non-hydrogen) atoms. The van der Waals surface area contributed by atoms with Crippen LogP contribution in [0.25, 0.3) is 0 Å². The van der Waals surface area contributed by atoms with E-state index in [4.69, 9.17) is 15.2 Å². The average molecular weight is 278 g/mol. The first kappa shape index (κ1) is 14.7. The molecule has 1 aliphatic rings. The van der Waals surface area contributed by atoms with Gasteiger partial charge in [-0.3, -0.25) is 4.79 Å². The number of anilines is 1. The van der Waals surface area contributed by atoms with Gasteiger partial charge < -0.3 is 20.1 Å². The van der Waals surface area contributed by atoms with E-state index in [1.807, 2.05) is 6.92 Å². The van der Waals surface area contributed by atoms with E-state index >= 15 is 0 Å². The average Bonchev–Trinajstić information content (AvgIpc) is 2.97. The number of nitrogen functional groups attached to an aromatic ring is 1. The van der Waals surface area contributed by atoms with Gasteiger partial charge in [-0.2, -0.15) is 0 Å². The van der Waals surface area contributed by atoms with Gasteiger partial charge in [-0.15, -0.1) is 0 Å². The summed E-state index contributed by atoms with van der Waals surface area (Å²) in [5.41, 5.74) is 6.84. The van der Waals surface area contributed by atoms with Crippen molar-refractivity contribution in [2.45, 2.75) is 25.9 Å². The molecule has 0 spiro atoms. The fourth-order valence-electron chi connectivity index (χ4n) is 2.45. The van der Waals surface area contributed by atoms with E-state index in [2.05, 4.69) is 0 Å². The van der Waals surface area contributed by atoms with Gasteiger partial charge >= 0.3 is 0 Å². The number of benzene rings is 1. The molecule has 0 aromatic heterocycles. The third kappa shape index (κ3) is 3.22. The van der Waals surface area contributed by atoms with Crippen LogP contribution in [0.5, 0.6) is 5.75 Å². The summed E-state index contributed by atoms with van der Waals surface area (Å²) < 4.78 is 10.9. The predicted octanol–water partition coefficient (Wildman–Crippen LogP) is 1.92. The van der Waals surface area contributed by atoms with Crippen LogP contribution in [0.15, 0.2) is 18.2 Å². The molecule has 1 atom stereocenters. The van der Waals surface area contributed by atoms with Crippen LogP contribution in [0.4, 0.5) is 5.69 Å². The van der Waals surface area contributed by atoms with E-state index in [0.29, 0.717) is 30.1 Å². The minimum absolute atomic E-state index is 0.0628. The van der Waals surface area contributed by atoms with Crippen LogP contribution >= 0.6 is 0 Å². The van der Waals surface area contributed by atoms with Crippen molar-refractivity contribution < 1.29 is 14.3 Å². The lowest BCUT2D eigenvalue weighted by Gasteiger charge is -2.24. The number of methoxy groups -OCH3 is 1. The SMILES string of the molecule is CCN(CC1CCCO1)C(=O)c1cc(N)ccc1OC. The molecule has 1 aliphatic heterocycles. The van der Waals surface area contributed by atoms with Crippen LogP contribution < -0.4 is 10.5 Å². The maximum Gasteiger partial charge on any atom is 0.257 e. The Morgan fingerprint density at radius 2 is 2.35 bits per heavy atom. The second-order valence-corrected chi connectivity index (χ2v) is 4.94. The number of amides is 1. The monoisotopic (exact) mass is 278 g/mol. The first-order valence-electron chi connectivity index (χ1n) is 7.00. The van der Waals surface area contributed by atoms with Gasteiger partial charge in [0.05, 0.1) is 18.8 Å². The van der Waals surface area contributed by atoms with Crippen molar-refractivity contribution in [2.75, 3.05) is 32.5 Å². The number of rotatable bonds is 5. The molecule has 0 aliphatic carbocycles. The Morgan fingerprint density at radius 1 is 1.55 bits per heavy atom. The highest BCUT2D eigenvalue weighted by molar-refractivity contribution is 5.97. The molecule has 0 radical (unpaired) electrons. The molecule has 1 fully saturated rings. The number of hydrogen-bond acceptors (Lipinski definition) is 4. The zero-order chi connectivity index (χ0) is 14.5. The van der Waals surface area contributed by atoms with Gasteiger partial charge in [-0.1, -0.05) is 0 Å². The maximum absolute atomic E-state index is 12.6. The fourth-order valence-corrected chi connectivity index (χ4v) is 2.45. The number of nitrogens with two attached hydrogens (primary N) is 1. The zero-order valence-electron chi connectivity index (χ0n) is 12.1. The highest BCUT2D eigenvalue weighted by Crippen LogP contribution is 2.23. The molecule has 0 saturated carbocycles. The van der Waals surface area contributed by atoms with E-state index in [-0.39, 0.29) is 12.0 Å². The van der Waals surface area contributed by atoms with Crippen LogP contribution in [-0.2, 0) is 4.74 Å². The maximum atomic E-state index is 12.6. The van der Waals surface area contributed by atoms with E-state index in [0.717, 1.165) is 19.4 Å². The molecular formula is C15H22N2O3. The topological polar surface area (TPSA) is 64.8 Å². The summed E-state index contributed by atoms with van der Waals surface area (Å²) in [6, 6.07) is 5.12. The summed E-state index contributed by atoms with van der Waals surface area (Å²) in [7, 11) is 1.55. The lowest BCUT2D eigenvalue weighted by atomic mass is 10.1. The van der Waals surface area contributed by atoms with Gasteiger partial charge in [0.2, 0.25) is 0 Å². The Kier molecular flexibility index (Phi) is 4.84. The van der Waals surface area contributed by atoms with Crippen LogP contribution in [0.1, 0.15) is 30.1 Å². The van der Waals surface area contributed by atoms with Crippen LogP contribution in [0.2, 0.25) is 0 Å². The Balaban J connectivity index is 2.16. The van der Waals surface area contributed by atoms with Gasteiger partial charge in [0, 0.05) is 25.4 Å². The summed E-state index contributed by atoms with van der Waals surface area (Å²) in [4.78, 5) is 14.4. The van der Waals surface area contributed by atoms with Crippen molar-refractivity contribution in [3.8, 4) is 5.75 Å². The second kappa shape index (κ2) is 6.61. The normalized spacial score (nSPS) is 18.0. The van der Waals surface area contributed by atoms with Crippen molar-refractivity contribution in [2.24, 2.45) is 0 Å². The minimum Gasteiger partial charge on any atom is -0.496 e. The van der Waals surface area contributed by atoms with Gasteiger partial charge in [0.15, 0.2) is 0 Å². The number of likely N-dealkylation sites (N-methyl/N-ethyl adjacent to an activating group) is 1. The molecule has 1 aromatic rings. The number of hydrogen-bond donors (Lipinski definition) is 1. The summed E-state index contributed by atoms with van der Waals surface area (Å²) in [5, 5.41) is 0. The number of carbonyl (C=O) groups excluding carboxylic acids is 1. The summed E-state index contributed by atoms with van der Waals surface area (Å²) >= 11 is 0. The second-order valence-electron chi connectivity index (χ2n) is 4.94. The quantitative estimate of drug-likeness (QED) is 0.836. The fraction of sp³-hybridized carbons (Fsp3) is 0.533. The molecule has 5 heteroatoms. The van der Waals surface area contributed by atoms with E-state index in [9.17, 15) is 4.79 Å². The molecule has 1 saturated heterocycles. The molecule has 0 bridgehead atoms. The number of nitrogens with zero attached hydrogens (tertiary/aromatic N) is 1. The first-order chi connectivity index (χ1) is 9.65. The molecule has 2 rings (SSSR count). The molecule has 1 unspecified atom stereocenters. The molecule has 1 heterocycles. The van der Waals surface area contributed by atoms with Crippen molar-refractivity contribution in [1.82, 2.24) is 4.90 Å². The Labute approximate surface area is 119 Å². The molecule has 1 aromatic carbocycles. The molecule has 2 N–H and O–H groups in total. The van der Waals surface area contributed by atoms with Crippen LogP contribution in [-0.4, -0.2) is 43.7 Å². The third-order valence-corrected chi connectivity index (χ3v) is 3.57. The molecule has 5 nitrogen and oxygen atoms in total. The zero-order valence-corrected chi connectivity index (χ0v) is 12.1. The van der Waals surface area contributed by atoms with Crippen LogP contribution in [0, 0.1) is 0 Å². The highest BCUT2D eigenvalue weighted by atomic mass is 16.5. The first-order valence-corrected chi connectivity index (χ1v) is 7.00. The van der Waals surface area contributed by atoms with Gasteiger partial charge in [-0.05, 0) is 38.0 Å². The Morgan fingerprint density at radius 3 is 2.95 bits per heavy atom. The summed E-state index contributed by atoms with van der Waals surface area (Å²) in [6.45, 7) is 4.01.